The molecule has 1 saturated heterocycles. The summed E-state index contributed by atoms with van der Waals surface area (Å²) in [5.41, 5.74) is 2.85. The fourth-order valence-corrected chi connectivity index (χ4v) is 3.60. The van der Waals surface area contributed by atoms with Crippen LogP contribution in [0.5, 0.6) is 0 Å². The molecule has 1 spiro atoms. The number of aromatic nitrogens is 1. The lowest BCUT2D eigenvalue weighted by molar-refractivity contribution is 0.241. The van der Waals surface area contributed by atoms with Crippen LogP contribution >= 0.6 is 0 Å². The molecule has 0 bridgehead atoms. The van der Waals surface area contributed by atoms with Gasteiger partial charge in [0.15, 0.2) is 0 Å². The van der Waals surface area contributed by atoms with Crippen molar-refractivity contribution in [1.82, 2.24) is 10.3 Å². The average Bonchev–Trinajstić information content (AvgIpc) is 2.40. The molecule has 3 nitrogen and oxygen atoms in total. The number of nitrogens with one attached hydrogen (secondary N) is 1. The minimum atomic E-state index is 0.365. The van der Waals surface area contributed by atoms with Gasteiger partial charge in [0.25, 0.3) is 0 Å². The number of pyridine rings is 1. The summed E-state index contributed by atoms with van der Waals surface area (Å²) in [5, 5.41) is 3.60. The topological polar surface area (TPSA) is 28.2 Å². The van der Waals surface area contributed by atoms with Crippen LogP contribution in [0, 0.1) is 6.92 Å². The Kier molecular flexibility index (Phi) is 3.25. The zero-order chi connectivity index (χ0) is 12.4. The Hall–Kier alpha value is -1.09. The van der Waals surface area contributed by atoms with Crippen molar-refractivity contribution >= 4 is 5.69 Å². The average molecular weight is 245 g/mol. The molecule has 1 saturated carbocycles. The third-order valence-electron chi connectivity index (χ3n) is 4.52. The van der Waals surface area contributed by atoms with Crippen LogP contribution in [0.1, 0.15) is 37.8 Å². The number of rotatable bonds is 1. The maximum absolute atomic E-state index is 4.33. The van der Waals surface area contributed by atoms with Crippen molar-refractivity contribution in [2.75, 3.05) is 24.5 Å². The predicted molar refractivity (Wildman–Crippen MR) is 75.0 cm³/mol. The third kappa shape index (κ3) is 2.12. The largest absolute Gasteiger partial charge is 0.363 e. The molecule has 3 heteroatoms. The fraction of sp³-hybridized carbons (Fsp3) is 0.667. The zero-order valence-corrected chi connectivity index (χ0v) is 11.3. The van der Waals surface area contributed by atoms with Gasteiger partial charge >= 0.3 is 0 Å². The summed E-state index contributed by atoms with van der Waals surface area (Å²) in [6.45, 7) is 5.46. The van der Waals surface area contributed by atoms with E-state index in [0.29, 0.717) is 5.54 Å². The summed E-state index contributed by atoms with van der Waals surface area (Å²) >= 11 is 0. The van der Waals surface area contributed by atoms with Crippen molar-refractivity contribution in [3.8, 4) is 0 Å². The Bertz CT molecular complexity index is 402. The minimum absolute atomic E-state index is 0.365. The van der Waals surface area contributed by atoms with Gasteiger partial charge in [0.1, 0.15) is 0 Å². The van der Waals surface area contributed by atoms with E-state index in [1.54, 1.807) is 0 Å². The van der Waals surface area contributed by atoms with Crippen molar-refractivity contribution in [1.29, 1.82) is 0 Å². The molecule has 98 valence electrons. The molecule has 0 unspecified atom stereocenters. The summed E-state index contributed by atoms with van der Waals surface area (Å²) in [5.74, 6) is 0. The van der Waals surface area contributed by atoms with Crippen molar-refractivity contribution in [3.63, 3.8) is 0 Å². The molecule has 2 aliphatic rings. The highest BCUT2D eigenvalue weighted by atomic mass is 15.3. The first-order chi connectivity index (χ1) is 8.80. The lowest BCUT2D eigenvalue weighted by Gasteiger charge is -2.51. The van der Waals surface area contributed by atoms with Gasteiger partial charge in [-0.15, -0.1) is 0 Å². The van der Waals surface area contributed by atoms with Gasteiger partial charge in [-0.3, -0.25) is 4.98 Å². The van der Waals surface area contributed by atoms with Gasteiger partial charge < -0.3 is 10.2 Å². The van der Waals surface area contributed by atoms with Crippen LogP contribution in [0.15, 0.2) is 18.3 Å². The van der Waals surface area contributed by atoms with Gasteiger partial charge in [-0.05, 0) is 31.9 Å². The number of hydrogen-bond donors (Lipinski definition) is 1. The normalized spacial score (nSPS) is 23.3. The Balaban J connectivity index is 1.91. The molecule has 0 atom stereocenters. The summed E-state index contributed by atoms with van der Waals surface area (Å²) < 4.78 is 0. The van der Waals surface area contributed by atoms with E-state index in [9.17, 15) is 0 Å². The summed E-state index contributed by atoms with van der Waals surface area (Å²) in [6.07, 6.45) is 8.78. The first-order valence-electron chi connectivity index (χ1n) is 7.21. The molecule has 1 aromatic heterocycles. The molecule has 1 aliphatic heterocycles. The second-order valence-corrected chi connectivity index (χ2v) is 5.77. The van der Waals surface area contributed by atoms with E-state index in [1.165, 1.54) is 37.8 Å². The molecular formula is C15H23N3. The van der Waals surface area contributed by atoms with Gasteiger partial charge in [-0.2, -0.15) is 0 Å². The Morgan fingerprint density at radius 2 is 2.11 bits per heavy atom. The van der Waals surface area contributed by atoms with Crippen LogP contribution in [0.25, 0.3) is 0 Å². The van der Waals surface area contributed by atoms with Gasteiger partial charge in [-0.25, -0.2) is 0 Å². The predicted octanol–water partition coefficient (Wildman–Crippen LogP) is 2.50. The molecule has 3 rings (SSSR count). The van der Waals surface area contributed by atoms with Crippen LogP contribution in [0.3, 0.4) is 0 Å². The molecule has 2 heterocycles. The maximum atomic E-state index is 4.33. The van der Waals surface area contributed by atoms with E-state index in [2.05, 4.69) is 34.3 Å². The summed E-state index contributed by atoms with van der Waals surface area (Å²) in [6, 6.07) is 4.41. The first-order valence-corrected chi connectivity index (χ1v) is 7.21. The van der Waals surface area contributed by atoms with Crippen molar-refractivity contribution < 1.29 is 0 Å². The minimum Gasteiger partial charge on any atom is -0.363 e. The highest BCUT2D eigenvalue weighted by Gasteiger charge is 2.39. The Labute approximate surface area is 110 Å². The molecular weight excluding hydrogens is 222 g/mol. The number of nitrogens with zero attached hydrogens (tertiary/aromatic N) is 2. The monoisotopic (exact) mass is 245 g/mol. The maximum Gasteiger partial charge on any atom is 0.0527 e. The number of anilines is 1. The Morgan fingerprint density at radius 3 is 2.89 bits per heavy atom. The van der Waals surface area contributed by atoms with Gasteiger partial charge in [-0.1, -0.05) is 19.3 Å². The van der Waals surface area contributed by atoms with Crippen LogP contribution < -0.4 is 10.2 Å². The van der Waals surface area contributed by atoms with Crippen LogP contribution in [0.4, 0.5) is 5.69 Å². The van der Waals surface area contributed by atoms with Crippen LogP contribution in [-0.4, -0.2) is 30.2 Å². The first kappa shape index (κ1) is 12.0. The second kappa shape index (κ2) is 4.88. The molecule has 0 radical (unpaired) electrons. The van der Waals surface area contributed by atoms with Crippen LogP contribution in [-0.2, 0) is 0 Å². The molecule has 2 fully saturated rings. The fourth-order valence-electron chi connectivity index (χ4n) is 3.60. The van der Waals surface area contributed by atoms with E-state index >= 15 is 0 Å². The summed E-state index contributed by atoms with van der Waals surface area (Å²) in [7, 11) is 0. The SMILES string of the molecule is Cc1cc(N2CCNCC23CCCCC3)ccn1. The Morgan fingerprint density at radius 1 is 1.28 bits per heavy atom. The number of hydrogen-bond acceptors (Lipinski definition) is 3. The molecule has 1 N–H and O–H groups in total. The number of piperazine rings is 1. The van der Waals surface area contributed by atoms with Gasteiger partial charge in [0.05, 0.1) is 5.54 Å². The smallest absolute Gasteiger partial charge is 0.0527 e. The highest BCUT2D eigenvalue weighted by molar-refractivity contribution is 5.50. The van der Waals surface area contributed by atoms with Crippen LogP contribution in [0.2, 0.25) is 0 Å². The lowest BCUT2D eigenvalue weighted by Crippen LogP contribution is -2.62. The molecule has 1 aliphatic carbocycles. The van der Waals surface area contributed by atoms with E-state index < -0.39 is 0 Å². The quantitative estimate of drug-likeness (QED) is 0.824. The second-order valence-electron chi connectivity index (χ2n) is 5.77. The molecule has 18 heavy (non-hydrogen) atoms. The van der Waals surface area contributed by atoms with Gasteiger partial charge in [0, 0.05) is 37.2 Å². The molecule has 1 aromatic rings. The van der Waals surface area contributed by atoms with Crippen molar-refractivity contribution in [2.24, 2.45) is 0 Å². The third-order valence-corrected chi connectivity index (χ3v) is 4.52. The van der Waals surface area contributed by atoms with Crippen molar-refractivity contribution in [3.05, 3.63) is 24.0 Å². The van der Waals surface area contributed by atoms with E-state index in [0.717, 1.165) is 25.3 Å². The van der Waals surface area contributed by atoms with E-state index in [-0.39, 0.29) is 0 Å². The zero-order valence-electron chi connectivity index (χ0n) is 11.3. The molecule has 0 amide bonds. The highest BCUT2D eigenvalue weighted by Crippen LogP contribution is 2.37. The van der Waals surface area contributed by atoms with E-state index in [4.69, 9.17) is 0 Å². The standard InChI is InChI=1S/C15H23N3/c1-13-11-14(5-8-17-13)18-10-9-16-12-15(18)6-3-2-4-7-15/h5,8,11,16H,2-4,6-7,9-10,12H2,1H3. The van der Waals surface area contributed by atoms with Gasteiger partial charge in [0.2, 0.25) is 0 Å². The van der Waals surface area contributed by atoms with Crippen molar-refractivity contribution in [2.45, 2.75) is 44.6 Å². The summed E-state index contributed by atoms with van der Waals surface area (Å²) in [4.78, 5) is 6.98. The number of aryl methyl sites for hydroxylation is 1. The van der Waals surface area contributed by atoms with E-state index in [1.807, 2.05) is 6.20 Å². The molecule has 0 aromatic carbocycles. The lowest BCUT2D eigenvalue weighted by atomic mass is 9.78.